The summed E-state index contributed by atoms with van der Waals surface area (Å²) in [6, 6.07) is 9.16. The van der Waals surface area contributed by atoms with Crippen molar-refractivity contribution in [3.63, 3.8) is 0 Å². The fourth-order valence-corrected chi connectivity index (χ4v) is 4.44. The number of para-hydroxylation sites is 1. The summed E-state index contributed by atoms with van der Waals surface area (Å²) in [4.78, 5) is 30.7. The second-order valence-electron chi connectivity index (χ2n) is 9.12. The van der Waals surface area contributed by atoms with E-state index < -0.39 is 0 Å². The average Bonchev–Trinajstić information content (AvgIpc) is 3.26. The SMILES string of the molecule is CCCn1nccc1C(=O)N1CCCCN(CC)C(=O)c2ccccc2OC[C@@H]1CC(C)C. The van der Waals surface area contributed by atoms with Crippen molar-refractivity contribution in [2.24, 2.45) is 5.92 Å². The van der Waals surface area contributed by atoms with Crippen molar-refractivity contribution in [2.75, 3.05) is 26.2 Å². The van der Waals surface area contributed by atoms with E-state index in [-0.39, 0.29) is 17.9 Å². The number of aryl methyl sites for hydroxylation is 1. The zero-order chi connectivity index (χ0) is 23.8. The van der Waals surface area contributed by atoms with E-state index in [0.717, 1.165) is 25.7 Å². The largest absolute Gasteiger partial charge is 0.491 e. The van der Waals surface area contributed by atoms with E-state index in [0.29, 0.717) is 55.7 Å². The summed E-state index contributed by atoms with van der Waals surface area (Å²) in [6.45, 7) is 11.4. The molecule has 1 aliphatic rings. The van der Waals surface area contributed by atoms with E-state index in [1.54, 1.807) is 10.9 Å². The minimum Gasteiger partial charge on any atom is -0.491 e. The van der Waals surface area contributed by atoms with Crippen LogP contribution in [0.4, 0.5) is 0 Å². The van der Waals surface area contributed by atoms with E-state index in [1.807, 2.05) is 47.1 Å². The Hall–Kier alpha value is -2.83. The van der Waals surface area contributed by atoms with Crippen LogP contribution >= 0.6 is 0 Å². The number of nitrogens with zero attached hydrogens (tertiary/aromatic N) is 4. The molecule has 33 heavy (non-hydrogen) atoms. The Labute approximate surface area is 197 Å². The Balaban J connectivity index is 1.95. The molecule has 180 valence electrons. The number of ether oxygens (including phenoxy) is 1. The summed E-state index contributed by atoms with van der Waals surface area (Å²) in [5.74, 6) is 0.989. The molecule has 0 spiro atoms. The Bertz CT molecular complexity index is 924. The van der Waals surface area contributed by atoms with Gasteiger partial charge < -0.3 is 14.5 Å². The minimum absolute atomic E-state index is 0.00367. The van der Waals surface area contributed by atoms with Crippen molar-refractivity contribution in [1.82, 2.24) is 19.6 Å². The second-order valence-corrected chi connectivity index (χ2v) is 9.12. The quantitative estimate of drug-likeness (QED) is 0.645. The highest BCUT2D eigenvalue weighted by Gasteiger charge is 2.29. The lowest BCUT2D eigenvalue weighted by molar-refractivity contribution is 0.0544. The molecule has 1 aromatic carbocycles. The number of rotatable bonds is 6. The third-order valence-corrected chi connectivity index (χ3v) is 6.11. The summed E-state index contributed by atoms with van der Waals surface area (Å²) in [5, 5.41) is 4.36. The normalized spacial score (nSPS) is 17.8. The van der Waals surface area contributed by atoms with Gasteiger partial charge in [-0.15, -0.1) is 0 Å². The smallest absolute Gasteiger partial charge is 0.272 e. The van der Waals surface area contributed by atoms with Crippen molar-refractivity contribution in [1.29, 1.82) is 0 Å². The number of benzene rings is 1. The number of carbonyl (C=O) groups excluding carboxylic acids is 2. The first kappa shape index (κ1) is 24.8. The van der Waals surface area contributed by atoms with Gasteiger partial charge in [-0.05, 0) is 56.7 Å². The van der Waals surface area contributed by atoms with Crippen LogP contribution in [0.5, 0.6) is 5.75 Å². The van der Waals surface area contributed by atoms with Gasteiger partial charge in [-0.1, -0.05) is 32.9 Å². The van der Waals surface area contributed by atoms with Crippen molar-refractivity contribution in [2.45, 2.75) is 66.0 Å². The molecule has 0 unspecified atom stereocenters. The van der Waals surface area contributed by atoms with Crippen LogP contribution in [0, 0.1) is 5.92 Å². The molecule has 1 atom stereocenters. The van der Waals surface area contributed by atoms with Gasteiger partial charge in [0, 0.05) is 32.4 Å². The number of aromatic nitrogens is 2. The van der Waals surface area contributed by atoms with Crippen LogP contribution in [0.2, 0.25) is 0 Å². The molecule has 1 aliphatic heterocycles. The van der Waals surface area contributed by atoms with E-state index in [1.165, 1.54) is 0 Å². The zero-order valence-electron chi connectivity index (χ0n) is 20.5. The van der Waals surface area contributed by atoms with E-state index in [4.69, 9.17) is 4.74 Å². The van der Waals surface area contributed by atoms with Gasteiger partial charge in [-0.3, -0.25) is 14.3 Å². The summed E-state index contributed by atoms with van der Waals surface area (Å²) in [7, 11) is 0. The summed E-state index contributed by atoms with van der Waals surface area (Å²) < 4.78 is 8.05. The zero-order valence-corrected chi connectivity index (χ0v) is 20.5. The second kappa shape index (κ2) is 11.9. The first-order chi connectivity index (χ1) is 16.0. The van der Waals surface area contributed by atoms with Crippen molar-refractivity contribution < 1.29 is 14.3 Å². The number of carbonyl (C=O) groups is 2. The first-order valence-electron chi connectivity index (χ1n) is 12.3. The van der Waals surface area contributed by atoms with Gasteiger partial charge in [0.2, 0.25) is 0 Å². The number of hydrogen-bond donors (Lipinski definition) is 0. The maximum atomic E-state index is 13.7. The summed E-state index contributed by atoms with van der Waals surface area (Å²) in [6.07, 6.45) is 5.11. The Kier molecular flexibility index (Phi) is 8.92. The van der Waals surface area contributed by atoms with Crippen LogP contribution in [-0.2, 0) is 6.54 Å². The predicted octanol–water partition coefficient (Wildman–Crippen LogP) is 4.48. The molecule has 0 radical (unpaired) electrons. The molecule has 2 heterocycles. The topological polar surface area (TPSA) is 67.7 Å². The van der Waals surface area contributed by atoms with Gasteiger partial charge in [0.1, 0.15) is 18.1 Å². The maximum absolute atomic E-state index is 13.7. The highest BCUT2D eigenvalue weighted by Crippen LogP contribution is 2.24. The molecule has 0 saturated heterocycles. The Morgan fingerprint density at radius 1 is 1.15 bits per heavy atom. The third kappa shape index (κ3) is 6.15. The van der Waals surface area contributed by atoms with Gasteiger partial charge in [-0.25, -0.2) is 0 Å². The van der Waals surface area contributed by atoms with Crippen molar-refractivity contribution in [3.05, 3.63) is 47.8 Å². The lowest BCUT2D eigenvalue weighted by Gasteiger charge is -2.34. The van der Waals surface area contributed by atoms with Crippen LogP contribution in [-0.4, -0.2) is 63.7 Å². The van der Waals surface area contributed by atoms with Gasteiger partial charge in [0.25, 0.3) is 11.8 Å². The number of hydrogen-bond acceptors (Lipinski definition) is 4. The monoisotopic (exact) mass is 454 g/mol. The lowest BCUT2D eigenvalue weighted by Crippen LogP contribution is -2.46. The molecule has 0 N–H and O–H groups in total. The van der Waals surface area contributed by atoms with Crippen LogP contribution in [0.1, 0.15) is 74.2 Å². The molecule has 2 amide bonds. The third-order valence-electron chi connectivity index (χ3n) is 6.11. The fraction of sp³-hybridized carbons (Fsp3) is 0.577. The fourth-order valence-electron chi connectivity index (χ4n) is 4.44. The molecule has 1 aromatic heterocycles. The molecule has 7 heteroatoms. The molecule has 2 aromatic rings. The van der Waals surface area contributed by atoms with Crippen LogP contribution in [0.3, 0.4) is 0 Å². The van der Waals surface area contributed by atoms with Gasteiger partial charge in [0.05, 0.1) is 11.6 Å². The minimum atomic E-state index is -0.0904. The molecular formula is C26H38N4O3. The predicted molar refractivity (Wildman–Crippen MR) is 130 cm³/mol. The molecule has 0 aliphatic carbocycles. The summed E-state index contributed by atoms with van der Waals surface area (Å²) in [5.41, 5.74) is 1.21. The molecule has 3 rings (SSSR count). The summed E-state index contributed by atoms with van der Waals surface area (Å²) >= 11 is 0. The lowest BCUT2D eigenvalue weighted by atomic mass is 10.0. The molecule has 7 nitrogen and oxygen atoms in total. The van der Waals surface area contributed by atoms with Gasteiger partial charge in [-0.2, -0.15) is 5.10 Å². The molecule has 0 bridgehead atoms. The molecular weight excluding hydrogens is 416 g/mol. The Morgan fingerprint density at radius 3 is 2.64 bits per heavy atom. The molecule has 0 saturated carbocycles. The van der Waals surface area contributed by atoms with Crippen molar-refractivity contribution in [3.8, 4) is 5.75 Å². The Morgan fingerprint density at radius 2 is 1.91 bits per heavy atom. The highest BCUT2D eigenvalue weighted by atomic mass is 16.5. The van der Waals surface area contributed by atoms with Crippen LogP contribution < -0.4 is 4.74 Å². The molecule has 0 fully saturated rings. The maximum Gasteiger partial charge on any atom is 0.272 e. The van der Waals surface area contributed by atoms with Crippen LogP contribution in [0.15, 0.2) is 36.5 Å². The van der Waals surface area contributed by atoms with Crippen molar-refractivity contribution >= 4 is 11.8 Å². The number of fused-ring (bicyclic) bond motifs is 1. The average molecular weight is 455 g/mol. The first-order valence-corrected chi connectivity index (χ1v) is 12.3. The number of amides is 2. The van der Waals surface area contributed by atoms with Crippen LogP contribution in [0.25, 0.3) is 0 Å². The highest BCUT2D eigenvalue weighted by molar-refractivity contribution is 5.97. The van der Waals surface area contributed by atoms with E-state index in [2.05, 4.69) is 25.9 Å². The van der Waals surface area contributed by atoms with Gasteiger partial charge >= 0.3 is 0 Å². The van der Waals surface area contributed by atoms with E-state index >= 15 is 0 Å². The van der Waals surface area contributed by atoms with Gasteiger partial charge in [0.15, 0.2) is 0 Å². The standard InChI is InChI=1S/C26H38N4O3/c1-5-15-30-23(13-14-27-30)26(32)29-17-10-9-16-28(6-2)25(31)22-11-7-8-12-24(22)33-19-21(29)18-20(3)4/h7-8,11-14,20-21H,5-6,9-10,15-19H2,1-4H3/t21-/m0/s1. The van der Waals surface area contributed by atoms with E-state index in [9.17, 15) is 9.59 Å².